The number of hydrogen-bond acceptors (Lipinski definition) is 0. The maximum Gasteiger partial charge on any atom is 0.179 e. The van der Waals surface area contributed by atoms with Crippen LogP contribution in [-0.4, -0.2) is 21.8 Å². The summed E-state index contributed by atoms with van der Waals surface area (Å²) in [5, 5.41) is 12.8. The van der Waals surface area contributed by atoms with Crippen LogP contribution in [0.4, 0.5) is 0 Å². The van der Waals surface area contributed by atoms with Crippen molar-refractivity contribution in [2.75, 3.05) is 0 Å². The molecule has 3 aromatic heterocycles. The zero-order valence-electron chi connectivity index (χ0n) is 44.9. The van der Waals surface area contributed by atoms with E-state index in [2.05, 4.69) is 335 Å². The molecule has 4 heteroatoms. The Morgan fingerprint density at radius 3 is 1.21 bits per heavy atom. The molecular formula is C78H53N3Si. The fraction of sp³-hybridized carbons (Fsp3) is 0. The number of rotatable bonds is 10. The summed E-state index contributed by atoms with van der Waals surface area (Å²) in [6, 6.07) is 119. The minimum Gasteiger partial charge on any atom is -0.309 e. The first-order valence-corrected chi connectivity index (χ1v) is 30.3. The highest BCUT2D eigenvalue weighted by Gasteiger charge is 2.41. The first-order valence-electron chi connectivity index (χ1n) is 28.3. The molecule has 0 atom stereocenters. The molecule has 0 amide bonds. The second-order valence-corrected chi connectivity index (χ2v) is 25.4. The fourth-order valence-electron chi connectivity index (χ4n) is 13.6. The number of aromatic nitrogens is 3. The lowest BCUT2D eigenvalue weighted by atomic mass is 9.99. The molecule has 3 nitrogen and oxygen atoms in total. The van der Waals surface area contributed by atoms with Crippen LogP contribution in [0.3, 0.4) is 0 Å². The van der Waals surface area contributed by atoms with Gasteiger partial charge in [-0.05, 0) is 127 Å². The summed E-state index contributed by atoms with van der Waals surface area (Å²) in [4.78, 5) is 0. The lowest BCUT2D eigenvalue weighted by Crippen LogP contribution is -2.74. The lowest BCUT2D eigenvalue weighted by molar-refractivity contribution is 1.16. The van der Waals surface area contributed by atoms with Gasteiger partial charge in [-0.15, -0.1) is 0 Å². The normalized spacial score (nSPS) is 11.9. The number of nitrogens with zero attached hydrogens (tertiary/aromatic N) is 3. The number of para-hydroxylation sites is 4. The molecule has 3 heterocycles. The molecule has 0 saturated carbocycles. The third kappa shape index (κ3) is 7.50. The van der Waals surface area contributed by atoms with Crippen molar-refractivity contribution in [1.82, 2.24) is 13.7 Å². The highest BCUT2D eigenvalue weighted by molar-refractivity contribution is 7.20. The minimum atomic E-state index is -2.78. The first-order chi connectivity index (χ1) is 40.7. The Kier molecular flexibility index (Phi) is 11.2. The maximum absolute atomic E-state index is 2.78. The topological polar surface area (TPSA) is 14.8 Å². The van der Waals surface area contributed by atoms with Crippen LogP contribution >= 0.6 is 0 Å². The fourth-order valence-corrected chi connectivity index (χ4v) is 18.3. The van der Waals surface area contributed by atoms with Gasteiger partial charge >= 0.3 is 0 Å². The molecule has 0 aliphatic rings. The van der Waals surface area contributed by atoms with Crippen LogP contribution in [-0.2, 0) is 0 Å². The molecule has 0 N–H and O–H groups in total. The van der Waals surface area contributed by atoms with Crippen molar-refractivity contribution in [3.05, 3.63) is 322 Å². The predicted molar refractivity (Wildman–Crippen MR) is 349 cm³/mol. The second kappa shape index (κ2) is 19.4. The zero-order chi connectivity index (χ0) is 54.1. The third-order valence-electron chi connectivity index (χ3n) is 17.2. The molecule has 13 aromatic carbocycles. The SMILES string of the molecule is c1ccc(-c2cccc(-c3cccc(-n4c5ccccc5c5cc(-n6c7ccccc7c7cc(-c8ccccc8-n8c9ccccc9c9cc([Si](c%10ccccc%10)(c%10ccccc%10)c%10ccccc%10)ccc98)ccc76)ccc54)c3)c2)cc1. The van der Waals surface area contributed by atoms with Crippen molar-refractivity contribution in [3.63, 3.8) is 0 Å². The highest BCUT2D eigenvalue weighted by atomic mass is 28.3. The number of fused-ring (bicyclic) bond motifs is 9. The van der Waals surface area contributed by atoms with E-state index in [1.807, 2.05) is 0 Å². The molecule has 0 aliphatic carbocycles. The number of hydrogen-bond donors (Lipinski definition) is 0. The van der Waals surface area contributed by atoms with E-state index in [-0.39, 0.29) is 0 Å². The molecule has 0 spiro atoms. The van der Waals surface area contributed by atoms with Gasteiger partial charge in [0.1, 0.15) is 0 Å². The van der Waals surface area contributed by atoms with Crippen molar-refractivity contribution >= 4 is 94.2 Å². The van der Waals surface area contributed by atoms with Crippen LogP contribution in [0, 0.1) is 0 Å². The molecule has 0 saturated heterocycles. The van der Waals surface area contributed by atoms with Gasteiger partial charge in [0.05, 0.1) is 38.8 Å². The molecule has 0 fully saturated rings. The molecule has 0 radical (unpaired) electrons. The predicted octanol–water partition coefficient (Wildman–Crippen LogP) is 17.4. The summed E-state index contributed by atoms with van der Waals surface area (Å²) in [6.07, 6.45) is 0. The summed E-state index contributed by atoms with van der Waals surface area (Å²) in [6.45, 7) is 0. The first kappa shape index (κ1) is 47.5. The van der Waals surface area contributed by atoms with Crippen LogP contribution in [0.1, 0.15) is 0 Å². The van der Waals surface area contributed by atoms with Crippen LogP contribution in [0.15, 0.2) is 322 Å². The van der Waals surface area contributed by atoms with Crippen LogP contribution in [0.5, 0.6) is 0 Å². The largest absolute Gasteiger partial charge is 0.309 e. The minimum absolute atomic E-state index is 1.13. The monoisotopic (exact) mass is 1060 g/mol. The van der Waals surface area contributed by atoms with Crippen LogP contribution in [0.25, 0.3) is 116 Å². The van der Waals surface area contributed by atoms with E-state index in [1.54, 1.807) is 0 Å². The van der Waals surface area contributed by atoms with E-state index in [9.17, 15) is 0 Å². The summed E-state index contributed by atoms with van der Waals surface area (Å²) in [7, 11) is -2.78. The van der Waals surface area contributed by atoms with Crippen molar-refractivity contribution in [2.45, 2.75) is 0 Å². The Morgan fingerprint density at radius 1 is 0.195 bits per heavy atom. The molecule has 0 bridgehead atoms. The molecule has 16 rings (SSSR count). The van der Waals surface area contributed by atoms with E-state index in [0.29, 0.717) is 0 Å². The maximum atomic E-state index is 2.52. The van der Waals surface area contributed by atoms with E-state index in [4.69, 9.17) is 0 Å². The van der Waals surface area contributed by atoms with Crippen molar-refractivity contribution in [3.8, 4) is 50.4 Å². The van der Waals surface area contributed by atoms with Crippen molar-refractivity contribution in [2.24, 2.45) is 0 Å². The van der Waals surface area contributed by atoms with Gasteiger partial charge in [0.25, 0.3) is 0 Å². The average molecular weight is 1060 g/mol. The highest BCUT2D eigenvalue weighted by Crippen LogP contribution is 2.41. The van der Waals surface area contributed by atoms with E-state index < -0.39 is 8.07 Å². The van der Waals surface area contributed by atoms with Gasteiger partial charge in [0, 0.05) is 49.3 Å². The lowest BCUT2D eigenvalue weighted by Gasteiger charge is -2.34. The summed E-state index contributed by atoms with van der Waals surface area (Å²) in [5.41, 5.74) is 17.6. The molecule has 0 aliphatic heterocycles. The smallest absolute Gasteiger partial charge is 0.179 e. The van der Waals surface area contributed by atoms with Gasteiger partial charge in [-0.2, -0.15) is 0 Å². The van der Waals surface area contributed by atoms with Gasteiger partial charge in [-0.3, -0.25) is 0 Å². The van der Waals surface area contributed by atoms with E-state index in [0.717, 1.165) is 17.1 Å². The van der Waals surface area contributed by atoms with Gasteiger partial charge in [-0.1, -0.05) is 243 Å². The summed E-state index contributed by atoms with van der Waals surface area (Å²) in [5.74, 6) is 0. The molecule has 384 valence electrons. The van der Waals surface area contributed by atoms with Gasteiger partial charge in [0.15, 0.2) is 8.07 Å². The Labute approximate surface area is 477 Å². The zero-order valence-corrected chi connectivity index (χ0v) is 45.9. The third-order valence-corrected chi connectivity index (χ3v) is 22.0. The van der Waals surface area contributed by atoms with Crippen LogP contribution in [0.2, 0.25) is 0 Å². The van der Waals surface area contributed by atoms with Gasteiger partial charge in [-0.25, -0.2) is 0 Å². The average Bonchev–Trinajstić information content (AvgIpc) is 4.39. The Hall–Kier alpha value is -10.5. The molecular weight excluding hydrogens is 1010 g/mol. The Morgan fingerprint density at radius 2 is 0.598 bits per heavy atom. The second-order valence-electron chi connectivity index (χ2n) is 21.6. The van der Waals surface area contributed by atoms with Crippen molar-refractivity contribution in [1.29, 1.82) is 0 Å². The molecule has 82 heavy (non-hydrogen) atoms. The van der Waals surface area contributed by atoms with E-state index in [1.165, 1.54) is 120 Å². The standard InChI is InChI=1S/C78H53N3Si/c1-5-23-54(24-6-1)55-25-21-26-56(49-55)57-27-22-28-59(50-57)79-74-41-19-15-37-67(74)70-52-60(44-47-77(70)79)80-73-40-18-14-36-66(73)69-51-58(43-46-76(69)80)65-35-13-17-39-72(65)81-75-42-20-16-38-68(75)71-53-64(45-48-78(71)81)82(61-29-7-2-8-30-61,62-31-9-3-10-32-62)63-33-11-4-12-34-63/h1-53H. The van der Waals surface area contributed by atoms with Gasteiger partial charge in [0.2, 0.25) is 0 Å². The summed E-state index contributed by atoms with van der Waals surface area (Å²) < 4.78 is 7.39. The summed E-state index contributed by atoms with van der Waals surface area (Å²) >= 11 is 0. The van der Waals surface area contributed by atoms with Crippen LogP contribution < -0.4 is 20.7 Å². The van der Waals surface area contributed by atoms with Crippen molar-refractivity contribution < 1.29 is 0 Å². The Bertz CT molecular complexity index is 4990. The quantitative estimate of drug-likeness (QED) is 0.0958. The van der Waals surface area contributed by atoms with Gasteiger partial charge < -0.3 is 13.7 Å². The molecule has 0 unspecified atom stereocenters. The Balaban J connectivity index is 0.825. The van der Waals surface area contributed by atoms with E-state index >= 15 is 0 Å². The molecule has 16 aromatic rings. The number of benzene rings is 13.